The molecule has 0 aliphatic heterocycles. The van der Waals surface area contributed by atoms with Gasteiger partial charge < -0.3 is 15.2 Å². The number of ether oxygens (including phenoxy) is 1. The molecule has 0 amide bonds. The summed E-state index contributed by atoms with van der Waals surface area (Å²) in [6, 6.07) is -0.956. The molecule has 8 heteroatoms. The van der Waals surface area contributed by atoms with E-state index in [1.807, 2.05) is 13.8 Å². The van der Waals surface area contributed by atoms with Crippen LogP contribution in [0.25, 0.3) is 0 Å². The molecule has 0 aliphatic carbocycles. The van der Waals surface area contributed by atoms with Gasteiger partial charge >= 0.3 is 5.97 Å². The Kier molecular flexibility index (Phi) is 4.36. The Morgan fingerprint density at radius 1 is 1.38 bits per heavy atom. The lowest BCUT2D eigenvalue weighted by Crippen LogP contribution is -2.21. The van der Waals surface area contributed by atoms with Gasteiger partial charge in [0.05, 0.1) is 24.7 Å². The minimum atomic E-state index is -1.03. The van der Waals surface area contributed by atoms with Crippen molar-refractivity contribution in [2.45, 2.75) is 26.0 Å². The Balaban J connectivity index is 2.19. The number of hydrogen-bond donors (Lipinski definition) is 2. The number of anilines is 1. The summed E-state index contributed by atoms with van der Waals surface area (Å²) in [4.78, 5) is 19.6. The maximum absolute atomic E-state index is 11.4. The minimum Gasteiger partial charge on any atom is -0.479 e. The van der Waals surface area contributed by atoms with Crippen molar-refractivity contribution < 1.29 is 14.6 Å². The highest BCUT2D eigenvalue weighted by Gasteiger charge is 2.22. The summed E-state index contributed by atoms with van der Waals surface area (Å²) in [6.45, 7) is 3.74. The van der Waals surface area contributed by atoms with Crippen LogP contribution in [0.2, 0.25) is 0 Å². The zero-order valence-corrected chi connectivity index (χ0v) is 12.0. The highest BCUT2D eigenvalue weighted by atomic mass is 16.5. The Bertz CT molecular complexity index is 626. The van der Waals surface area contributed by atoms with E-state index in [1.54, 1.807) is 13.2 Å². The molecule has 1 unspecified atom stereocenters. The van der Waals surface area contributed by atoms with Crippen LogP contribution in [0.1, 0.15) is 25.5 Å². The normalized spacial score (nSPS) is 12.2. The number of nitrogens with zero attached hydrogens (tertiary/aromatic N) is 4. The zero-order valence-electron chi connectivity index (χ0n) is 12.0. The number of aliphatic carboxylic acids is 1. The van der Waals surface area contributed by atoms with Crippen LogP contribution in [0.4, 0.5) is 5.82 Å². The first-order valence-corrected chi connectivity index (χ1v) is 6.42. The fourth-order valence-corrected chi connectivity index (χ4v) is 1.74. The first-order chi connectivity index (χ1) is 9.95. The van der Waals surface area contributed by atoms with Gasteiger partial charge in [0, 0.05) is 18.8 Å². The zero-order chi connectivity index (χ0) is 15.4. The van der Waals surface area contributed by atoms with Crippen LogP contribution in [0, 0.1) is 0 Å². The topological polar surface area (TPSA) is 102 Å². The minimum absolute atomic E-state index is 0.0388. The van der Waals surface area contributed by atoms with Crippen LogP contribution in [0.3, 0.4) is 0 Å². The van der Waals surface area contributed by atoms with Crippen LogP contribution < -0.4 is 10.1 Å². The van der Waals surface area contributed by atoms with Gasteiger partial charge in [0.2, 0.25) is 5.88 Å². The van der Waals surface area contributed by atoms with Gasteiger partial charge in [0.25, 0.3) is 0 Å². The van der Waals surface area contributed by atoms with E-state index in [9.17, 15) is 9.90 Å². The molecule has 0 fully saturated rings. The van der Waals surface area contributed by atoms with E-state index < -0.39 is 12.0 Å². The van der Waals surface area contributed by atoms with Crippen LogP contribution in [-0.4, -0.2) is 36.9 Å². The van der Waals surface area contributed by atoms with Gasteiger partial charge in [0.15, 0.2) is 6.04 Å². The summed E-state index contributed by atoms with van der Waals surface area (Å²) in [7, 11) is 1.72. The average molecular weight is 291 g/mol. The molecule has 21 heavy (non-hydrogen) atoms. The van der Waals surface area contributed by atoms with Crippen LogP contribution in [0.15, 0.2) is 24.8 Å². The maximum atomic E-state index is 11.4. The van der Waals surface area contributed by atoms with E-state index in [0.29, 0.717) is 17.3 Å². The van der Waals surface area contributed by atoms with Gasteiger partial charge in [-0.25, -0.2) is 4.79 Å². The molecule has 0 saturated heterocycles. The molecular weight excluding hydrogens is 274 g/mol. The fraction of sp³-hybridized carbons (Fsp3) is 0.385. The Morgan fingerprint density at radius 2 is 2.14 bits per heavy atom. The Hall–Kier alpha value is -2.64. The van der Waals surface area contributed by atoms with E-state index in [4.69, 9.17) is 4.74 Å². The standard InChI is InChI=1S/C13H17N5O3/c1-8(2)21-11-6-14-5-10(16-11)17-12(13(19)20)9-4-15-18(3)7-9/h4-8,12H,1-3H3,(H,16,17)(H,19,20). The molecule has 0 aromatic carbocycles. The lowest BCUT2D eigenvalue weighted by atomic mass is 10.1. The van der Waals surface area contributed by atoms with Crippen molar-refractivity contribution in [3.63, 3.8) is 0 Å². The third kappa shape index (κ3) is 3.91. The number of carboxylic acids is 1. The van der Waals surface area contributed by atoms with Crippen molar-refractivity contribution in [2.75, 3.05) is 5.32 Å². The third-order valence-corrected chi connectivity index (χ3v) is 2.57. The Labute approximate surface area is 121 Å². The summed E-state index contributed by atoms with van der Waals surface area (Å²) >= 11 is 0. The monoisotopic (exact) mass is 291 g/mol. The molecule has 2 rings (SSSR count). The van der Waals surface area contributed by atoms with E-state index in [1.165, 1.54) is 23.3 Å². The Morgan fingerprint density at radius 3 is 2.71 bits per heavy atom. The van der Waals surface area contributed by atoms with Crippen molar-refractivity contribution in [2.24, 2.45) is 7.05 Å². The summed E-state index contributed by atoms with van der Waals surface area (Å²) in [5, 5.41) is 16.1. The molecule has 8 nitrogen and oxygen atoms in total. The van der Waals surface area contributed by atoms with Crippen molar-refractivity contribution in [3.05, 3.63) is 30.4 Å². The van der Waals surface area contributed by atoms with Crippen LogP contribution in [-0.2, 0) is 11.8 Å². The van der Waals surface area contributed by atoms with E-state index >= 15 is 0 Å². The predicted octanol–water partition coefficient (Wildman–Crippen LogP) is 1.24. The molecular formula is C13H17N5O3. The van der Waals surface area contributed by atoms with Crippen molar-refractivity contribution >= 4 is 11.8 Å². The van der Waals surface area contributed by atoms with E-state index in [0.717, 1.165) is 0 Å². The number of rotatable bonds is 6. The predicted molar refractivity (Wildman–Crippen MR) is 75.0 cm³/mol. The van der Waals surface area contributed by atoms with E-state index in [-0.39, 0.29) is 6.10 Å². The quantitative estimate of drug-likeness (QED) is 0.825. The molecule has 0 saturated carbocycles. The number of carbonyl (C=O) groups is 1. The molecule has 0 radical (unpaired) electrons. The smallest absolute Gasteiger partial charge is 0.330 e. The molecule has 0 bridgehead atoms. The molecule has 0 aliphatic rings. The summed E-state index contributed by atoms with van der Waals surface area (Å²) in [5.41, 5.74) is 0.530. The van der Waals surface area contributed by atoms with Gasteiger partial charge in [0.1, 0.15) is 5.82 Å². The SMILES string of the molecule is CC(C)Oc1cncc(NC(C(=O)O)c2cnn(C)c2)n1. The molecule has 2 heterocycles. The molecule has 2 aromatic rings. The first kappa shape index (κ1) is 14.8. The second kappa shape index (κ2) is 6.21. The molecule has 2 aromatic heterocycles. The van der Waals surface area contributed by atoms with Gasteiger partial charge in [-0.2, -0.15) is 10.1 Å². The van der Waals surface area contributed by atoms with Crippen molar-refractivity contribution in [3.8, 4) is 5.88 Å². The van der Waals surface area contributed by atoms with Crippen molar-refractivity contribution in [1.82, 2.24) is 19.7 Å². The van der Waals surface area contributed by atoms with Gasteiger partial charge in [-0.1, -0.05) is 0 Å². The van der Waals surface area contributed by atoms with Gasteiger partial charge in [-0.05, 0) is 13.8 Å². The number of aryl methyl sites for hydroxylation is 1. The lowest BCUT2D eigenvalue weighted by molar-refractivity contribution is -0.138. The highest BCUT2D eigenvalue weighted by molar-refractivity contribution is 5.78. The summed E-state index contributed by atoms with van der Waals surface area (Å²) < 4.78 is 6.97. The largest absolute Gasteiger partial charge is 0.479 e. The highest BCUT2D eigenvalue weighted by Crippen LogP contribution is 2.19. The molecule has 1 atom stereocenters. The van der Waals surface area contributed by atoms with E-state index in [2.05, 4.69) is 20.4 Å². The van der Waals surface area contributed by atoms with Crippen LogP contribution >= 0.6 is 0 Å². The second-order valence-electron chi connectivity index (χ2n) is 4.77. The number of carboxylic acid groups (broad SMARTS) is 1. The van der Waals surface area contributed by atoms with Crippen molar-refractivity contribution in [1.29, 1.82) is 0 Å². The second-order valence-corrected chi connectivity index (χ2v) is 4.77. The number of hydrogen-bond acceptors (Lipinski definition) is 6. The number of aromatic nitrogens is 4. The first-order valence-electron chi connectivity index (χ1n) is 6.42. The molecule has 0 spiro atoms. The summed E-state index contributed by atoms with van der Waals surface area (Å²) in [6.07, 6.45) is 6.01. The van der Waals surface area contributed by atoms with Crippen LogP contribution in [0.5, 0.6) is 5.88 Å². The molecule has 112 valence electrons. The van der Waals surface area contributed by atoms with Gasteiger partial charge in [-0.3, -0.25) is 9.67 Å². The fourth-order valence-electron chi connectivity index (χ4n) is 1.74. The summed E-state index contributed by atoms with van der Waals surface area (Å²) in [5.74, 6) is -0.366. The number of nitrogens with one attached hydrogen (secondary N) is 1. The third-order valence-electron chi connectivity index (χ3n) is 2.57. The average Bonchev–Trinajstić information content (AvgIpc) is 2.81. The lowest BCUT2D eigenvalue weighted by Gasteiger charge is -2.14. The molecule has 2 N–H and O–H groups in total. The maximum Gasteiger partial charge on any atom is 0.330 e. The van der Waals surface area contributed by atoms with Gasteiger partial charge in [-0.15, -0.1) is 0 Å².